The smallest absolute Gasteiger partial charge is 0.306 e. The first-order chi connectivity index (χ1) is 36.6. The average molecular weight is 1020 g/mol. The second kappa shape index (κ2) is 63.1. The van der Waals surface area contributed by atoms with Crippen molar-refractivity contribution in [1.82, 2.24) is 0 Å². The molecule has 0 aromatic carbocycles. The van der Waals surface area contributed by atoms with Crippen molar-refractivity contribution in [3.05, 3.63) is 146 Å². The van der Waals surface area contributed by atoms with E-state index >= 15 is 0 Å². The van der Waals surface area contributed by atoms with E-state index in [9.17, 15) is 14.7 Å². The molecule has 0 saturated carbocycles. The molecule has 0 bridgehead atoms. The maximum atomic E-state index is 12.3. The van der Waals surface area contributed by atoms with Gasteiger partial charge in [0.1, 0.15) is 6.61 Å². The molecule has 0 rings (SSSR count). The first-order valence-electron chi connectivity index (χ1n) is 30.4. The van der Waals surface area contributed by atoms with Crippen molar-refractivity contribution in [3.8, 4) is 0 Å². The molecule has 0 aliphatic heterocycles. The minimum Gasteiger partial charge on any atom is -0.462 e. The lowest BCUT2D eigenvalue weighted by Gasteiger charge is -2.15. The van der Waals surface area contributed by atoms with Crippen LogP contribution in [-0.4, -0.2) is 36.4 Å². The Morgan fingerprint density at radius 1 is 0.311 bits per heavy atom. The highest BCUT2D eigenvalue weighted by Crippen LogP contribution is 2.16. The van der Waals surface area contributed by atoms with Gasteiger partial charge in [-0.2, -0.15) is 0 Å². The summed E-state index contributed by atoms with van der Waals surface area (Å²) in [4.78, 5) is 24.5. The van der Waals surface area contributed by atoms with Gasteiger partial charge in [-0.15, -0.1) is 0 Å². The van der Waals surface area contributed by atoms with E-state index in [2.05, 4.69) is 160 Å². The molecule has 0 aliphatic rings. The molecule has 0 spiro atoms. The van der Waals surface area contributed by atoms with Crippen molar-refractivity contribution in [3.63, 3.8) is 0 Å². The van der Waals surface area contributed by atoms with E-state index in [4.69, 9.17) is 9.47 Å². The van der Waals surface area contributed by atoms with Crippen LogP contribution < -0.4 is 0 Å². The van der Waals surface area contributed by atoms with Crippen LogP contribution in [0.4, 0.5) is 0 Å². The van der Waals surface area contributed by atoms with Crippen molar-refractivity contribution >= 4 is 11.9 Å². The largest absolute Gasteiger partial charge is 0.462 e. The Morgan fingerprint density at radius 3 is 0.838 bits per heavy atom. The summed E-state index contributed by atoms with van der Waals surface area (Å²) in [6.45, 7) is 3.88. The highest BCUT2D eigenvalue weighted by atomic mass is 16.6. The zero-order valence-corrected chi connectivity index (χ0v) is 47.8. The lowest BCUT2D eigenvalue weighted by Crippen LogP contribution is -2.28. The van der Waals surface area contributed by atoms with Crippen LogP contribution in [0.25, 0.3) is 0 Å². The summed E-state index contributed by atoms with van der Waals surface area (Å²) >= 11 is 0. The van der Waals surface area contributed by atoms with E-state index in [-0.39, 0.29) is 25.2 Å². The van der Waals surface area contributed by atoms with Gasteiger partial charge in [-0.1, -0.05) is 275 Å². The van der Waals surface area contributed by atoms with Gasteiger partial charge < -0.3 is 14.6 Å². The summed E-state index contributed by atoms with van der Waals surface area (Å²) in [5, 5.41) is 9.66. The van der Waals surface area contributed by atoms with Gasteiger partial charge in [-0.3, -0.25) is 9.59 Å². The Balaban J connectivity index is 3.52. The van der Waals surface area contributed by atoms with E-state index in [1.54, 1.807) is 0 Å². The maximum absolute atomic E-state index is 12.3. The number of esters is 2. The van der Waals surface area contributed by atoms with Gasteiger partial charge in [0.25, 0.3) is 0 Å². The normalized spacial score (nSPS) is 13.3. The van der Waals surface area contributed by atoms with E-state index < -0.39 is 6.10 Å². The molecule has 418 valence electrons. The molecule has 0 heterocycles. The summed E-state index contributed by atoms with van der Waals surface area (Å²) in [7, 11) is 0. The number of carbonyl (C=O) groups excluding carboxylic acids is 2. The Labute approximate surface area is 457 Å². The maximum Gasteiger partial charge on any atom is 0.306 e. The zero-order chi connectivity index (χ0) is 53.4. The molecular formula is C69H112O5. The van der Waals surface area contributed by atoms with Gasteiger partial charge in [0, 0.05) is 12.8 Å². The number of rotatable bonds is 54. The van der Waals surface area contributed by atoms with Crippen LogP contribution in [0.2, 0.25) is 0 Å². The highest BCUT2D eigenvalue weighted by molar-refractivity contribution is 5.70. The molecule has 5 heteroatoms. The molecule has 1 N–H and O–H groups in total. The molecule has 0 fully saturated rings. The fourth-order valence-corrected chi connectivity index (χ4v) is 8.15. The predicted molar refractivity (Wildman–Crippen MR) is 324 cm³/mol. The first-order valence-corrected chi connectivity index (χ1v) is 30.4. The van der Waals surface area contributed by atoms with E-state index in [0.717, 1.165) is 116 Å². The molecule has 74 heavy (non-hydrogen) atoms. The van der Waals surface area contributed by atoms with Crippen molar-refractivity contribution < 1.29 is 24.2 Å². The molecule has 0 aromatic rings. The van der Waals surface area contributed by atoms with Crippen LogP contribution in [0.1, 0.15) is 258 Å². The summed E-state index contributed by atoms with van der Waals surface area (Å²) in [6, 6.07) is 0. The number of aliphatic hydroxyl groups is 1. The number of hydrogen-bond donors (Lipinski definition) is 1. The Morgan fingerprint density at radius 2 is 0.541 bits per heavy atom. The van der Waals surface area contributed by atoms with Crippen LogP contribution in [0.3, 0.4) is 0 Å². The molecule has 0 amide bonds. The summed E-state index contributed by atoms with van der Waals surface area (Å²) in [5.41, 5.74) is 0. The number of carbonyl (C=O) groups is 2. The van der Waals surface area contributed by atoms with E-state index in [0.29, 0.717) is 12.8 Å². The van der Waals surface area contributed by atoms with Gasteiger partial charge in [0.2, 0.25) is 0 Å². The standard InChI is InChI=1S/C69H112O5/c1-3-5-7-9-11-13-15-17-19-21-23-25-26-27-28-29-30-31-32-33-34-35-36-37-38-39-40-41-42-44-46-48-50-52-54-56-58-60-62-64-69(72)74-67(65-70)66-73-68(71)63-61-59-57-55-53-51-49-47-45-43-24-22-20-18-16-14-12-10-8-6-4-2/h5-8,11-14,17-20,23-25,27-28,30-31,43,47,49,53,55,67,70H,3-4,9-10,15-16,21-22,26,29,32-42,44-46,48,50-52,54,56-66H2,1-2H3/b7-5-,8-6-,13-11-,14-12-,19-17-,20-18-,25-23-,28-27-,31-30-,43-24-,49-47-,55-53-. The van der Waals surface area contributed by atoms with Gasteiger partial charge in [-0.25, -0.2) is 0 Å². The third kappa shape index (κ3) is 60.3. The number of hydrogen-bond acceptors (Lipinski definition) is 5. The highest BCUT2D eigenvalue weighted by Gasteiger charge is 2.16. The third-order valence-electron chi connectivity index (χ3n) is 12.6. The number of allylic oxidation sites excluding steroid dienone is 24. The average Bonchev–Trinajstić information content (AvgIpc) is 3.40. The molecule has 1 atom stereocenters. The van der Waals surface area contributed by atoms with Crippen LogP contribution >= 0.6 is 0 Å². The second-order valence-electron chi connectivity index (χ2n) is 19.7. The SMILES string of the molecule is CC/C=C\C/C=C\C/C=C\C/C=C\C/C=C\C/C=C\CCCCCCCCCCCCCCCCCCCCCCC(=O)OC(CO)COC(=O)CCCC/C=C\C/C=C\C/C=C\C/C=C\C/C=C\C/C=C\CC. The Kier molecular flexibility index (Phi) is 59.5. The lowest BCUT2D eigenvalue weighted by atomic mass is 10.0. The fraction of sp³-hybridized carbons (Fsp3) is 0.623. The van der Waals surface area contributed by atoms with Crippen LogP contribution in [-0.2, 0) is 19.1 Å². The number of aliphatic hydroxyl groups excluding tert-OH is 1. The van der Waals surface area contributed by atoms with Gasteiger partial charge >= 0.3 is 11.9 Å². The van der Waals surface area contributed by atoms with Crippen molar-refractivity contribution in [2.75, 3.05) is 13.2 Å². The van der Waals surface area contributed by atoms with Crippen LogP contribution in [0.5, 0.6) is 0 Å². The quantitative estimate of drug-likeness (QED) is 0.0373. The predicted octanol–water partition coefficient (Wildman–Crippen LogP) is 21.0. The Hall–Kier alpha value is -4.22. The van der Waals surface area contributed by atoms with Crippen LogP contribution in [0.15, 0.2) is 146 Å². The van der Waals surface area contributed by atoms with Crippen molar-refractivity contribution in [2.45, 2.75) is 264 Å². The Bertz CT molecular complexity index is 1580. The second-order valence-corrected chi connectivity index (χ2v) is 19.7. The summed E-state index contributed by atoms with van der Waals surface area (Å²) in [5.74, 6) is -0.643. The topological polar surface area (TPSA) is 72.8 Å². The molecule has 0 aliphatic carbocycles. The molecule has 0 radical (unpaired) electrons. The molecule has 0 saturated heterocycles. The van der Waals surface area contributed by atoms with E-state index in [1.165, 1.54) is 116 Å². The minimum atomic E-state index is -0.799. The van der Waals surface area contributed by atoms with Crippen molar-refractivity contribution in [1.29, 1.82) is 0 Å². The molecule has 5 nitrogen and oxygen atoms in total. The lowest BCUT2D eigenvalue weighted by molar-refractivity contribution is -0.161. The monoisotopic (exact) mass is 1020 g/mol. The zero-order valence-electron chi connectivity index (χ0n) is 47.8. The number of unbranched alkanes of at least 4 members (excludes halogenated alkanes) is 22. The van der Waals surface area contributed by atoms with Crippen LogP contribution in [0, 0.1) is 0 Å². The van der Waals surface area contributed by atoms with Gasteiger partial charge in [0.05, 0.1) is 6.61 Å². The van der Waals surface area contributed by atoms with Crippen molar-refractivity contribution in [2.24, 2.45) is 0 Å². The third-order valence-corrected chi connectivity index (χ3v) is 12.6. The summed E-state index contributed by atoms with van der Waals surface area (Å²) < 4.78 is 10.7. The fourth-order valence-electron chi connectivity index (χ4n) is 8.15. The van der Waals surface area contributed by atoms with E-state index in [1.807, 2.05) is 0 Å². The molecule has 1 unspecified atom stereocenters. The summed E-state index contributed by atoms with van der Waals surface area (Å²) in [6.07, 6.45) is 95.6. The minimum absolute atomic E-state index is 0.0945. The molecule has 0 aromatic heterocycles. The van der Waals surface area contributed by atoms with Gasteiger partial charge in [0.15, 0.2) is 6.10 Å². The van der Waals surface area contributed by atoms with Gasteiger partial charge in [-0.05, 0) is 116 Å². The number of ether oxygens (including phenoxy) is 2. The first kappa shape index (κ1) is 69.8. The molecular weight excluding hydrogens is 909 g/mol.